The first kappa shape index (κ1) is 21.4. The Morgan fingerprint density at radius 3 is 2.33 bits per heavy atom. The second kappa shape index (κ2) is 7.86. The summed E-state index contributed by atoms with van der Waals surface area (Å²) < 4.78 is 42.2. The van der Waals surface area contributed by atoms with Gasteiger partial charge in [-0.3, -0.25) is 0 Å². The molecule has 0 bridgehead atoms. The SMILES string of the molecule is CCN1c2ccccc2-n2cccc2C12CCN(C(=O)Nc1ccccc1C(F)(F)F)CC2. The van der Waals surface area contributed by atoms with E-state index < -0.39 is 17.8 Å². The number of hydrogen-bond donors (Lipinski definition) is 1. The molecule has 1 N–H and O–H groups in total. The Morgan fingerprint density at radius 1 is 0.970 bits per heavy atom. The molecule has 5 rings (SSSR count). The lowest BCUT2D eigenvalue weighted by atomic mass is 9.80. The molecule has 172 valence electrons. The third kappa shape index (κ3) is 3.44. The van der Waals surface area contributed by atoms with E-state index >= 15 is 0 Å². The number of anilines is 2. The molecule has 0 aliphatic carbocycles. The van der Waals surface area contributed by atoms with Gasteiger partial charge in [0.15, 0.2) is 0 Å². The molecule has 3 aromatic rings. The fraction of sp³-hybridized carbons (Fsp3) is 0.320. The molecule has 2 aromatic carbocycles. The van der Waals surface area contributed by atoms with Gasteiger partial charge in [0.1, 0.15) is 0 Å². The summed E-state index contributed by atoms with van der Waals surface area (Å²) in [7, 11) is 0. The molecule has 33 heavy (non-hydrogen) atoms. The zero-order valence-corrected chi connectivity index (χ0v) is 18.3. The topological polar surface area (TPSA) is 40.5 Å². The standard InChI is InChI=1S/C25H25F3N4O/c1-2-32-21-11-6-5-10-20(21)31-15-7-12-22(31)24(32)13-16-30(17-14-24)23(33)29-19-9-4-3-8-18(19)25(26,27)28/h3-12,15H,2,13-14,16-17H2,1H3,(H,29,33). The Morgan fingerprint density at radius 2 is 1.64 bits per heavy atom. The van der Waals surface area contributed by atoms with Crippen molar-refractivity contribution >= 4 is 17.4 Å². The minimum absolute atomic E-state index is 0.217. The number of para-hydroxylation sites is 3. The minimum atomic E-state index is -4.53. The number of rotatable bonds is 2. The number of fused-ring (bicyclic) bond motifs is 4. The van der Waals surface area contributed by atoms with Gasteiger partial charge in [-0.2, -0.15) is 13.2 Å². The van der Waals surface area contributed by atoms with Gasteiger partial charge in [0.25, 0.3) is 0 Å². The summed E-state index contributed by atoms with van der Waals surface area (Å²) in [4.78, 5) is 16.9. The van der Waals surface area contributed by atoms with Crippen molar-refractivity contribution in [3.8, 4) is 5.69 Å². The van der Waals surface area contributed by atoms with Gasteiger partial charge in [-0.25, -0.2) is 4.79 Å². The highest BCUT2D eigenvalue weighted by Gasteiger charge is 2.47. The number of carbonyl (C=O) groups is 1. The molecule has 2 amide bonds. The monoisotopic (exact) mass is 454 g/mol. The first-order valence-corrected chi connectivity index (χ1v) is 11.1. The van der Waals surface area contributed by atoms with Crippen molar-refractivity contribution in [3.05, 3.63) is 78.1 Å². The smallest absolute Gasteiger partial charge is 0.359 e. The van der Waals surface area contributed by atoms with Gasteiger partial charge in [0.05, 0.1) is 28.2 Å². The Balaban J connectivity index is 1.39. The highest BCUT2D eigenvalue weighted by atomic mass is 19.4. The second-order valence-corrected chi connectivity index (χ2v) is 8.49. The van der Waals surface area contributed by atoms with Crippen LogP contribution in [0.4, 0.5) is 29.3 Å². The van der Waals surface area contributed by atoms with Gasteiger partial charge in [0.2, 0.25) is 0 Å². The summed E-state index contributed by atoms with van der Waals surface area (Å²) >= 11 is 0. The predicted molar refractivity (Wildman–Crippen MR) is 122 cm³/mol. The fourth-order valence-electron chi connectivity index (χ4n) is 5.35. The molecule has 0 unspecified atom stereocenters. The summed E-state index contributed by atoms with van der Waals surface area (Å²) in [5.74, 6) is 0. The molecular formula is C25H25F3N4O. The van der Waals surface area contributed by atoms with E-state index in [9.17, 15) is 18.0 Å². The van der Waals surface area contributed by atoms with E-state index in [1.807, 2.05) is 18.2 Å². The molecule has 8 heteroatoms. The van der Waals surface area contributed by atoms with Crippen LogP contribution in [-0.4, -0.2) is 35.1 Å². The quantitative estimate of drug-likeness (QED) is 0.527. The summed E-state index contributed by atoms with van der Waals surface area (Å²) in [6.07, 6.45) is -1.09. The number of piperidine rings is 1. The lowest BCUT2D eigenvalue weighted by Gasteiger charge is -2.53. The van der Waals surface area contributed by atoms with Crippen molar-refractivity contribution < 1.29 is 18.0 Å². The Labute approximate surface area is 190 Å². The molecular weight excluding hydrogens is 429 g/mol. The van der Waals surface area contributed by atoms with Crippen molar-refractivity contribution in [2.75, 3.05) is 29.9 Å². The van der Waals surface area contributed by atoms with Gasteiger partial charge in [-0.1, -0.05) is 24.3 Å². The van der Waals surface area contributed by atoms with Crippen molar-refractivity contribution in [1.29, 1.82) is 0 Å². The Bertz CT molecular complexity index is 1180. The third-order valence-electron chi connectivity index (χ3n) is 6.84. The molecule has 2 aliphatic rings. The Hall–Kier alpha value is -3.42. The zero-order chi connectivity index (χ0) is 23.2. The largest absolute Gasteiger partial charge is 0.418 e. The van der Waals surface area contributed by atoms with Gasteiger partial charge in [-0.15, -0.1) is 0 Å². The third-order valence-corrected chi connectivity index (χ3v) is 6.84. The molecule has 0 radical (unpaired) electrons. The molecule has 1 spiro atoms. The molecule has 1 aromatic heterocycles. The van der Waals surface area contributed by atoms with Crippen LogP contribution in [0.2, 0.25) is 0 Å². The predicted octanol–water partition coefficient (Wildman–Crippen LogP) is 5.86. The average molecular weight is 454 g/mol. The van der Waals surface area contributed by atoms with Crippen LogP contribution in [-0.2, 0) is 11.7 Å². The minimum Gasteiger partial charge on any atom is -0.359 e. The second-order valence-electron chi connectivity index (χ2n) is 8.49. The highest BCUT2D eigenvalue weighted by molar-refractivity contribution is 5.90. The van der Waals surface area contributed by atoms with Crippen molar-refractivity contribution in [1.82, 2.24) is 9.47 Å². The number of likely N-dealkylation sites (tertiary alicyclic amines) is 1. The number of alkyl halides is 3. The summed E-state index contributed by atoms with van der Waals surface area (Å²) in [5, 5.41) is 2.48. The number of nitrogens with zero attached hydrogens (tertiary/aromatic N) is 3. The number of nitrogens with one attached hydrogen (secondary N) is 1. The molecule has 1 saturated heterocycles. The summed E-state index contributed by atoms with van der Waals surface area (Å²) in [6.45, 7) is 3.84. The number of hydrogen-bond acceptors (Lipinski definition) is 2. The van der Waals surface area contributed by atoms with Crippen LogP contribution in [0.3, 0.4) is 0 Å². The molecule has 1 fully saturated rings. The van der Waals surface area contributed by atoms with E-state index in [-0.39, 0.29) is 11.2 Å². The van der Waals surface area contributed by atoms with E-state index in [0.717, 1.165) is 24.0 Å². The maximum Gasteiger partial charge on any atom is 0.418 e. The number of urea groups is 1. The van der Waals surface area contributed by atoms with Gasteiger partial charge in [-0.05, 0) is 56.2 Å². The van der Waals surface area contributed by atoms with E-state index in [1.54, 1.807) is 4.90 Å². The van der Waals surface area contributed by atoms with Crippen molar-refractivity contribution in [2.45, 2.75) is 31.5 Å². The fourth-order valence-corrected chi connectivity index (χ4v) is 5.35. The Kier molecular flexibility index (Phi) is 5.11. The maximum absolute atomic E-state index is 13.3. The molecule has 5 nitrogen and oxygen atoms in total. The first-order valence-electron chi connectivity index (χ1n) is 11.1. The normalized spacial score (nSPS) is 17.0. The van der Waals surface area contributed by atoms with Gasteiger partial charge >= 0.3 is 12.2 Å². The number of halogens is 3. The van der Waals surface area contributed by atoms with Crippen LogP contribution < -0.4 is 10.2 Å². The first-order chi connectivity index (χ1) is 15.8. The molecule has 2 aliphatic heterocycles. The van der Waals surface area contributed by atoms with Gasteiger partial charge < -0.3 is 19.7 Å². The van der Waals surface area contributed by atoms with E-state index in [2.05, 4.69) is 46.1 Å². The van der Waals surface area contributed by atoms with Crippen molar-refractivity contribution in [2.24, 2.45) is 0 Å². The summed E-state index contributed by atoms with van der Waals surface area (Å²) in [6, 6.07) is 17.0. The maximum atomic E-state index is 13.3. The van der Waals surface area contributed by atoms with E-state index in [4.69, 9.17) is 0 Å². The van der Waals surface area contributed by atoms with E-state index in [1.165, 1.54) is 23.9 Å². The van der Waals surface area contributed by atoms with Crippen LogP contribution in [0.15, 0.2) is 66.9 Å². The summed E-state index contributed by atoms with van der Waals surface area (Å²) in [5.41, 5.74) is 2.14. The lowest BCUT2D eigenvalue weighted by molar-refractivity contribution is -0.136. The van der Waals surface area contributed by atoms with Crippen LogP contribution in [0.5, 0.6) is 0 Å². The number of aromatic nitrogens is 1. The molecule has 0 atom stereocenters. The highest BCUT2D eigenvalue weighted by Crippen LogP contribution is 2.48. The van der Waals surface area contributed by atoms with Crippen LogP contribution in [0.1, 0.15) is 31.0 Å². The van der Waals surface area contributed by atoms with Crippen LogP contribution >= 0.6 is 0 Å². The number of benzene rings is 2. The number of carbonyl (C=O) groups excluding carboxylic acids is 1. The van der Waals surface area contributed by atoms with Gasteiger partial charge in [0, 0.05) is 31.5 Å². The van der Waals surface area contributed by atoms with Crippen molar-refractivity contribution in [3.63, 3.8) is 0 Å². The lowest BCUT2D eigenvalue weighted by Crippen LogP contribution is -2.57. The molecule has 0 saturated carbocycles. The zero-order valence-electron chi connectivity index (χ0n) is 18.3. The van der Waals surface area contributed by atoms with Crippen LogP contribution in [0, 0.1) is 0 Å². The van der Waals surface area contributed by atoms with Crippen LogP contribution in [0.25, 0.3) is 5.69 Å². The number of amides is 2. The molecule has 3 heterocycles. The van der Waals surface area contributed by atoms with E-state index in [0.29, 0.717) is 25.9 Å². The average Bonchev–Trinajstić information content (AvgIpc) is 3.31.